The molecular formula is C16H18N2O2. The molecule has 0 aromatic heterocycles. The number of nitrogens with one attached hydrogen (secondary N) is 1. The molecule has 104 valence electrons. The summed E-state index contributed by atoms with van der Waals surface area (Å²) in [6.07, 6.45) is -0.458. The zero-order valence-corrected chi connectivity index (χ0v) is 11.2. The smallest absolute Gasteiger partial charge is 0.407 e. The highest BCUT2D eigenvalue weighted by molar-refractivity contribution is 5.67. The van der Waals surface area contributed by atoms with Crippen LogP contribution in [0.3, 0.4) is 0 Å². The van der Waals surface area contributed by atoms with Crippen molar-refractivity contribution in [2.45, 2.75) is 12.6 Å². The van der Waals surface area contributed by atoms with Crippen LogP contribution in [-0.2, 0) is 11.3 Å². The maximum atomic E-state index is 11.6. The van der Waals surface area contributed by atoms with Gasteiger partial charge in [-0.1, -0.05) is 60.7 Å². The molecule has 0 aliphatic rings. The van der Waals surface area contributed by atoms with Crippen molar-refractivity contribution in [2.75, 3.05) is 6.54 Å². The van der Waals surface area contributed by atoms with E-state index in [1.54, 1.807) is 0 Å². The Labute approximate surface area is 118 Å². The molecule has 0 fully saturated rings. The fourth-order valence-corrected chi connectivity index (χ4v) is 1.79. The summed E-state index contributed by atoms with van der Waals surface area (Å²) in [5.41, 5.74) is 7.92. The molecule has 0 saturated carbocycles. The van der Waals surface area contributed by atoms with Crippen LogP contribution in [0.4, 0.5) is 4.79 Å². The predicted molar refractivity (Wildman–Crippen MR) is 78.0 cm³/mol. The first-order valence-electron chi connectivity index (χ1n) is 6.51. The average molecular weight is 270 g/mol. The van der Waals surface area contributed by atoms with Crippen LogP contribution in [0.2, 0.25) is 0 Å². The van der Waals surface area contributed by atoms with Crippen molar-refractivity contribution in [1.29, 1.82) is 0 Å². The first-order valence-corrected chi connectivity index (χ1v) is 6.51. The monoisotopic (exact) mass is 270 g/mol. The van der Waals surface area contributed by atoms with Gasteiger partial charge in [0, 0.05) is 12.6 Å². The molecule has 0 unspecified atom stereocenters. The standard InChI is InChI=1S/C16H18N2O2/c17-15(14-9-5-2-6-10-14)11-18-16(19)20-12-13-7-3-1-4-8-13/h1-10,15H,11-12,17H2,(H,18,19)/t15-/m0/s1. The van der Waals surface area contributed by atoms with Gasteiger partial charge in [0.2, 0.25) is 0 Å². The molecule has 2 aromatic rings. The molecule has 1 atom stereocenters. The minimum Gasteiger partial charge on any atom is -0.445 e. The summed E-state index contributed by atoms with van der Waals surface area (Å²) in [5.74, 6) is 0. The number of hydrogen-bond donors (Lipinski definition) is 2. The summed E-state index contributed by atoms with van der Waals surface area (Å²) < 4.78 is 5.11. The lowest BCUT2D eigenvalue weighted by Gasteiger charge is -2.13. The third-order valence-electron chi connectivity index (χ3n) is 2.91. The Hall–Kier alpha value is -2.33. The zero-order chi connectivity index (χ0) is 14.2. The van der Waals surface area contributed by atoms with Gasteiger partial charge in [-0.05, 0) is 11.1 Å². The highest BCUT2D eigenvalue weighted by Crippen LogP contribution is 2.08. The molecule has 2 aromatic carbocycles. The van der Waals surface area contributed by atoms with E-state index in [-0.39, 0.29) is 12.6 Å². The van der Waals surface area contributed by atoms with Crippen molar-refractivity contribution in [3.8, 4) is 0 Å². The second kappa shape index (κ2) is 7.31. The van der Waals surface area contributed by atoms with Crippen molar-refractivity contribution in [2.24, 2.45) is 5.73 Å². The highest BCUT2D eigenvalue weighted by atomic mass is 16.5. The fraction of sp³-hybridized carbons (Fsp3) is 0.188. The van der Waals surface area contributed by atoms with Gasteiger partial charge in [0.25, 0.3) is 0 Å². The third-order valence-corrected chi connectivity index (χ3v) is 2.91. The molecule has 0 bridgehead atoms. The van der Waals surface area contributed by atoms with Crippen molar-refractivity contribution in [3.05, 3.63) is 71.8 Å². The number of hydrogen-bond acceptors (Lipinski definition) is 3. The van der Waals surface area contributed by atoms with Gasteiger partial charge in [0.05, 0.1) is 0 Å². The van der Waals surface area contributed by atoms with Crippen LogP contribution in [0.1, 0.15) is 17.2 Å². The first kappa shape index (κ1) is 14.1. The molecule has 0 saturated heterocycles. The summed E-state index contributed by atoms with van der Waals surface area (Å²) in [4.78, 5) is 11.6. The Morgan fingerprint density at radius 2 is 1.65 bits per heavy atom. The number of carbonyl (C=O) groups excluding carboxylic acids is 1. The van der Waals surface area contributed by atoms with Gasteiger partial charge in [-0.2, -0.15) is 0 Å². The van der Waals surface area contributed by atoms with Gasteiger partial charge in [0.1, 0.15) is 6.61 Å². The van der Waals surface area contributed by atoms with E-state index in [0.29, 0.717) is 6.54 Å². The maximum absolute atomic E-state index is 11.6. The average Bonchev–Trinajstić information content (AvgIpc) is 2.52. The fourth-order valence-electron chi connectivity index (χ4n) is 1.79. The Morgan fingerprint density at radius 1 is 1.05 bits per heavy atom. The van der Waals surface area contributed by atoms with Gasteiger partial charge in [-0.25, -0.2) is 4.79 Å². The van der Waals surface area contributed by atoms with Crippen molar-refractivity contribution < 1.29 is 9.53 Å². The SMILES string of the molecule is N[C@@H](CNC(=O)OCc1ccccc1)c1ccccc1. The molecule has 0 radical (unpaired) electrons. The van der Waals surface area contributed by atoms with Crippen LogP contribution in [0.5, 0.6) is 0 Å². The molecule has 20 heavy (non-hydrogen) atoms. The first-order chi connectivity index (χ1) is 9.75. The highest BCUT2D eigenvalue weighted by Gasteiger charge is 2.08. The zero-order valence-electron chi connectivity index (χ0n) is 11.2. The topological polar surface area (TPSA) is 64.3 Å². The predicted octanol–water partition coefficient (Wildman–Crippen LogP) is 2.61. The number of carbonyl (C=O) groups is 1. The summed E-state index contributed by atoms with van der Waals surface area (Å²) >= 11 is 0. The maximum Gasteiger partial charge on any atom is 0.407 e. The van der Waals surface area contributed by atoms with Crippen LogP contribution >= 0.6 is 0 Å². The summed E-state index contributed by atoms with van der Waals surface area (Å²) in [6, 6.07) is 18.9. The summed E-state index contributed by atoms with van der Waals surface area (Å²) in [7, 11) is 0. The molecule has 4 heteroatoms. The van der Waals surface area contributed by atoms with Gasteiger partial charge in [-0.3, -0.25) is 0 Å². The Kier molecular flexibility index (Phi) is 5.15. The second-order valence-electron chi connectivity index (χ2n) is 4.46. The second-order valence-corrected chi connectivity index (χ2v) is 4.46. The number of ether oxygens (including phenoxy) is 1. The van der Waals surface area contributed by atoms with Crippen LogP contribution in [-0.4, -0.2) is 12.6 Å². The van der Waals surface area contributed by atoms with E-state index in [9.17, 15) is 4.79 Å². The number of amides is 1. The molecule has 0 heterocycles. The summed E-state index contributed by atoms with van der Waals surface area (Å²) in [5, 5.41) is 2.66. The number of rotatable bonds is 5. The van der Waals surface area contributed by atoms with Crippen molar-refractivity contribution in [1.82, 2.24) is 5.32 Å². The Balaban J connectivity index is 1.73. The molecule has 0 spiro atoms. The van der Waals surface area contributed by atoms with Crippen LogP contribution in [0.15, 0.2) is 60.7 Å². The number of nitrogens with two attached hydrogens (primary N) is 1. The molecule has 0 aliphatic heterocycles. The van der Waals surface area contributed by atoms with E-state index in [0.717, 1.165) is 11.1 Å². The van der Waals surface area contributed by atoms with Crippen LogP contribution < -0.4 is 11.1 Å². The lowest BCUT2D eigenvalue weighted by molar-refractivity contribution is 0.139. The third kappa shape index (κ3) is 4.40. The van der Waals surface area contributed by atoms with E-state index in [4.69, 9.17) is 10.5 Å². The normalized spacial score (nSPS) is 11.7. The van der Waals surface area contributed by atoms with Crippen LogP contribution in [0, 0.1) is 0 Å². The van der Waals surface area contributed by atoms with E-state index < -0.39 is 6.09 Å². The lowest BCUT2D eigenvalue weighted by atomic mass is 10.1. The van der Waals surface area contributed by atoms with Gasteiger partial charge in [0.15, 0.2) is 0 Å². The molecule has 3 N–H and O–H groups in total. The van der Waals surface area contributed by atoms with Gasteiger partial charge < -0.3 is 15.8 Å². The molecule has 1 amide bonds. The number of alkyl carbamates (subject to hydrolysis) is 1. The van der Waals surface area contributed by atoms with Gasteiger partial charge >= 0.3 is 6.09 Å². The molecule has 2 rings (SSSR count). The van der Waals surface area contributed by atoms with E-state index in [1.807, 2.05) is 60.7 Å². The quantitative estimate of drug-likeness (QED) is 0.877. The molecular weight excluding hydrogens is 252 g/mol. The largest absolute Gasteiger partial charge is 0.445 e. The molecule has 4 nitrogen and oxygen atoms in total. The van der Waals surface area contributed by atoms with Crippen LogP contribution in [0.25, 0.3) is 0 Å². The van der Waals surface area contributed by atoms with Crippen molar-refractivity contribution >= 4 is 6.09 Å². The van der Waals surface area contributed by atoms with Gasteiger partial charge in [-0.15, -0.1) is 0 Å². The number of benzene rings is 2. The lowest BCUT2D eigenvalue weighted by Crippen LogP contribution is -2.32. The minimum absolute atomic E-state index is 0.236. The van der Waals surface area contributed by atoms with E-state index in [1.165, 1.54) is 0 Å². The summed E-state index contributed by atoms with van der Waals surface area (Å²) in [6.45, 7) is 0.602. The van der Waals surface area contributed by atoms with Crippen molar-refractivity contribution in [3.63, 3.8) is 0 Å². The van der Waals surface area contributed by atoms with E-state index in [2.05, 4.69) is 5.32 Å². The molecule has 0 aliphatic carbocycles. The minimum atomic E-state index is -0.458. The van der Waals surface area contributed by atoms with E-state index >= 15 is 0 Å². The Morgan fingerprint density at radius 3 is 2.30 bits per heavy atom. The Bertz CT molecular complexity index is 529.